The fourth-order valence-corrected chi connectivity index (χ4v) is 13.3. The van der Waals surface area contributed by atoms with E-state index in [1.807, 2.05) is 0 Å². The number of H-pyrrole nitrogens is 1. The number of aliphatic carboxylic acids is 1. The van der Waals surface area contributed by atoms with Gasteiger partial charge in [0.1, 0.15) is 11.6 Å². The summed E-state index contributed by atoms with van der Waals surface area (Å²) in [7, 11) is 0. The van der Waals surface area contributed by atoms with Crippen molar-refractivity contribution in [1.29, 1.82) is 0 Å². The monoisotopic (exact) mass is 668 g/mol. The molecule has 8 nitrogen and oxygen atoms in total. The predicted octanol–water partition coefficient (Wildman–Crippen LogP) is 7.74. The number of fused-ring (bicyclic) bond motifs is 8. The van der Waals surface area contributed by atoms with Crippen molar-refractivity contribution in [2.24, 2.45) is 50.6 Å². The van der Waals surface area contributed by atoms with E-state index in [1.54, 1.807) is 0 Å². The Labute approximate surface area is 293 Å². The van der Waals surface area contributed by atoms with E-state index in [-0.39, 0.29) is 39.0 Å². The highest BCUT2D eigenvalue weighted by atomic mass is 16.4. The number of carbonyl (C=O) groups is 1. The summed E-state index contributed by atoms with van der Waals surface area (Å²) < 4.78 is 0. The van der Waals surface area contributed by atoms with Crippen LogP contribution in [0.4, 0.5) is 11.6 Å². The highest BCUT2D eigenvalue weighted by Gasteiger charge is 2.70. The smallest absolute Gasteiger partial charge is 0.310 e. The number of anilines is 2. The lowest BCUT2D eigenvalue weighted by Crippen LogP contribution is -2.65. The molecule has 0 radical (unpaired) electrons. The summed E-state index contributed by atoms with van der Waals surface area (Å²) in [5.41, 5.74) is 18.6. The van der Waals surface area contributed by atoms with Gasteiger partial charge in [0, 0.05) is 42.0 Å². The molecule has 0 spiro atoms. The predicted molar refractivity (Wildman–Crippen MR) is 196 cm³/mol. The van der Waals surface area contributed by atoms with Gasteiger partial charge in [-0.2, -0.15) is 5.10 Å². The van der Waals surface area contributed by atoms with Crippen molar-refractivity contribution in [2.75, 3.05) is 23.7 Å². The quantitative estimate of drug-likeness (QED) is 0.263. The lowest BCUT2D eigenvalue weighted by Gasteiger charge is -2.71. The van der Waals surface area contributed by atoms with Gasteiger partial charge in [-0.05, 0) is 133 Å². The molecule has 49 heavy (non-hydrogen) atoms. The minimum atomic E-state index is -0.702. The molecule has 1 saturated heterocycles. The average Bonchev–Trinajstić information content (AvgIpc) is 3.41. The van der Waals surface area contributed by atoms with E-state index in [4.69, 9.17) is 16.5 Å². The SMILES string of the molecule is CC1(C)CC[C@]2(C(=O)O)CC[C@]3(C)C(=C(c4ccc(N5CCC(N)CC5)nc4)CC4[C@@]5(C)Cc6c(N)n[nH]c6C(C)(C)C5CC[C@]43C)C2C1. The first-order valence-electron chi connectivity index (χ1n) is 19.2. The van der Waals surface area contributed by atoms with Gasteiger partial charge in [-0.25, -0.2) is 4.98 Å². The Bertz CT molecular complexity index is 1700. The van der Waals surface area contributed by atoms with Gasteiger partial charge in [0.05, 0.1) is 5.41 Å². The fourth-order valence-electron chi connectivity index (χ4n) is 13.3. The summed E-state index contributed by atoms with van der Waals surface area (Å²) in [5.74, 6) is 2.00. The first-order valence-corrected chi connectivity index (χ1v) is 19.2. The Kier molecular flexibility index (Phi) is 7.19. The van der Waals surface area contributed by atoms with E-state index in [1.165, 1.54) is 28.0 Å². The van der Waals surface area contributed by atoms with E-state index >= 15 is 0 Å². The Balaban J connectivity index is 1.32. The lowest BCUT2D eigenvalue weighted by molar-refractivity contribution is -0.175. The van der Waals surface area contributed by atoms with Crippen LogP contribution in [0.5, 0.6) is 0 Å². The molecule has 3 unspecified atom stereocenters. The second kappa shape index (κ2) is 10.6. The number of carboxylic acid groups (broad SMARTS) is 1. The van der Waals surface area contributed by atoms with Gasteiger partial charge >= 0.3 is 5.97 Å². The highest BCUT2D eigenvalue weighted by Crippen LogP contribution is 2.77. The minimum Gasteiger partial charge on any atom is -0.481 e. The number of nitrogens with zero attached hydrogens (tertiary/aromatic N) is 3. The molecule has 0 aromatic carbocycles. The molecule has 6 N–H and O–H groups in total. The zero-order chi connectivity index (χ0) is 34.9. The molecule has 8 heteroatoms. The molecule has 0 amide bonds. The fraction of sp³-hybridized carbons (Fsp3) is 0.732. The van der Waals surface area contributed by atoms with Gasteiger partial charge < -0.3 is 21.5 Å². The number of nitrogens with two attached hydrogens (primary N) is 2. The van der Waals surface area contributed by atoms with Crippen molar-refractivity contribution >= 4 is 23.2 Å². The molecule has 8 rings (SSSR count). The van der Waals surface area contributed by atoms with Crippen LogP contribution in [0, 0.1) is 44.8 Å². The molecule has 6 aliphatic rings. The third-order valence-corrected chi connectivity index (χ3v) is 16.4. The molecule has 3 heterocycles. The van der Waals surface area contributed by atoms with Crippen molar-refractivity contribution in [3.05, 3.63) is 40.7 Å². The van der Waals surface area contributed by atoms with E-state index < -0.39 is 11.4 Å². The van der Waals surface area contributed by atoms with Crippen LogP contribution >= 0.6 is 0 Å². The number of carboxylic acids is 1. The number of pyridine rings is 1. The van der Waals surface area contributed by atoms with Crippen LogP contribution in [0.1, 0.15) is 129 Å². The average molecular weight is 669 g/mol. The molecular weight excluding hydrogens is 608 g/mol. The van der Waals surface area contributed by atoms with E-state index in [9.17, 15) is 9.90 Å². The molecule has 5 aliphatic carbocycles. The van der Waals surface area contributed by atoms with Gasteiger partial charge in [-0.3, -0.25) is 9.89 Å². The van der Waals surface area contributed by atoms with Crippen LogP contribution in [0.3, 0.4) is 0 Å². The number of nitrogens with one attached hydrogen (secondary N) is 1. The number of nitrogen functional groups attached to an aromatic ring is 1. The van der Waals surface area contributed by atoms with Crippen molar-refractivity contribution in [1.82, 2.24) is 15.2 Å². The van der Waals surface area contributed by atoms with E-state index in [2.05, 4.69) is 81.9 Å². The standard InChI is InChI=1S/C41H60N6O2/c1-36(2)14-16-41(35(48)49)17-15-40(7)32(28(41)22-36)26(24-8-9-31(44-23-24)47-18-11-25(42)12-19-47)20-30-38(5)21-27-33(45-46-34(27)43)37(3,4)29(38)10-13-39(30,40)6/h8-9,23,25,28-30H,10-22,42H2,1-7H3,(H,48,49)(H3,43,45,46)/t28?,29?,30?,38-,39+,40+,41-/m0/s1. The second-order valence-electron chi connectivity index (χ2n) is 19.5. The number of hydrogen-bond acceptors (Lipinski definition) is 6. The Morgan fingerprint density at radius 2 is 1.67 bits per heavy atom. The Morgan fingerprint density at radius 3 is 2.35 bits per heavy atom. The normalized spacial score (nSPS) is 39.7. The summed E-state index contributed by atoms with van der Waals surface area (Å²) in [5, 5.41) is 19.0. The third kappa shape index (κ3) is 4.46. The molecular formula is C41H60N6O2. The molecule has 266 valence electrons. The summed E-state index contributed by atoms with van der Waals surface area (Å²) >= 11 is 0. The first-order chi connectivity index (χ1) is 23.0. The number of rotatable bonds is 3. The molecule has 4 fully saturated rings. The first kappa shape index (κ1) is 33.3. The minimum absolute atomic E-state index is 0.00832. The highest BCUT2D eigenvalue weighted by molar-refractivity contribution is 5.80. The largest absolute Gasteiger partial charge is 0.481 e. The maximum atomic E-state index is 13.5. The van der Waals surface area contributed by atoms with Gasteiger partial charge in [0.15, 0.2) is 0 Å². The summed E-state index contributed by atoms with van der Waals surface area (Å²) in [4.78, 5) is 21.0. The summed E-state index contributed by atoms with van der Waals surface area (Å²) in [6, 6.07) is 4.81. The number of allylic oxidation sites excluding steroid dienone is 2. The van der Waals surface area contributed by atoms with E-state index in [0.717, 1.165) is 89.5 Å². The molecule has 1 aliphatic heterocycles. The van der Waals surface area contributed by atoms with Crippen LogP contribution in [-0.2, 0) is 16.6 Å². The van der Waals surface area contributed by atoms with E-state index in [0.29, 0.717) is 17.7 Å². The second-order valence-corrected chi connectivity index (χ2v) is 19.5. The summed E-state index contributed by atoms with van der Waals surface area (Å²) in [6.07, 6.45) is 12.6. The van der Waals surface area contributed by atoms with Crippen molar-refractivity contribution in [3.63, 3.8) is 0 Å². The topological polar surface area (TPSA) is 134 Å². The van der Waals surface area contributed by atoms with Crippen molar-refractivity contribution in [2.45, 2.75) is 131 Å². The van der Waals surface area contributed by atoms with Crippen LogP contribution in [-0.4, -0.2) is 45.4 Å². The van der Waals surface area contributed by atoms with Crippen LogP contribution in [0.15, 0.2) is 23.9 Å². The number of aromatic nitrogens is 3. The Morgan fingerprint density at radius 1 is 0.959 bits per heavy atom. The van der Waals surface area contributed by atoms with Gasteiger partial charge in [0.2, 0.25) is 0 Å². The molecule has 3 saturated carbocycles. The molecule has 2 aromatic rings. The maximum Gasteiger partial charge on any atom is 0.310 e. The van der Waals surface area contributed by atoms with Gasteiger partial charge in [-0.15, -0.1) is 0 Å². The number of aromatic amines is 1. The number of piperidine rings is 1. The van der Waals surface area contributed by atoms with Crippen molar-refractivity contribution in [3.8, 4) is 0 Å². The van der Waals surface area contributed by atoms with Crippen molar-refractivity contribution < 1.29 is 9.90 Å². The Hall–Kier alpha value is -2.87. The van der Waals surface area contributed by atoms with Gasteiger partial charge in [-0.1, -0.05) is 54.0 Å². The molecule has 0 bridgehead atoms. The lowest BCUT2D eigenvalue weighted by atomic mass is 9.33. The van der Waals surface area contributed by atoms with Crippen LogP contribution in [0.25, 0.3) is 5.57 Å². The van der Waals surface area contributed by atoms with Crippen LogP contribution in [0.2, 0.25) is 0 Å². The molecule has 2 aromatic heterocycles. The zero-order valence-corrected chi connectivity index (χ0v) is 31.1. The number of hydrogen-bond donors (Lipinski definition) is 4. The van der Waals surface area contributed by atoms with Gasteiger partial charge in [0.25, 0.3) is 0 Å². The van der Waals surface area contributed by atoms with Crippen LogP contribution < -0.4 is 16.4 Å². The molecule has 7 atom stereocenters. The summed E-state index contributed by atoms with van der Waals surface area (Å²) in [6.45, 7) is 19.1. The zero-order valence-electron chi connectivity index (χ0n) is 31.1. The maximum absolute atomic E-state index is 13.5. The third-order valence-electron chi connectivity index (χ3n) is 16.4.